The number of aliphatic hydroxyl groups excluding tert-OH is 2. The first kappa shape index (κ1) is 83.3. The Bertz CT molecular complexity index is 1340. The Morgan fingerprint density at radius 2 is 1.43 bits per heavy atom. The number of aliphatic carboxylic acids is 1. The molecule has 0 radical (unpaired) electrons. The molecular weight excluding hydrogens is 826 g/mol. The van der Waals surface area contributed by atoms with Gasteiger partial charge in [-0.1, -0.05) is 37.0 Å². The van der Waals surface area contributed by atoms with Crippen LogP contribution in [0.1, 0.15) is 39.0 Å². The molecule has 1 aliphatic heterocycles. The second-order valence-electron chi connectivity index (χ2n) is 10.1. The summed E-state index contributed by atoms with van der Waals surface area (Å²) in [6.45, 7) is 15.7. The van der Waals surface area contributed by atoms with E-state index < -0.39 is 21.8 Å². The third kappa shape index (κ3) is 140. The quantitative estimate of drug-likeness (QED) is 0.0283. The van der Waals surface area contributed by atoms with E-state index in [4.69, 9.17) is 34.5 Å². The first-order chi connectivity index (χ1) is 25.7. The smallest absolute Gasteiger partial charge is 0.748 e. The summed E-state index contributed by atoms with van der Waals surface area (Å²) in [6.07, 6.45) is 35.1. The predicted molar refractivity (Wildman–Crippen MR) is 227 cm³/mol. The number of aliphatic hydroxyl groups is 2. The molecule has 0 aliphatic carbocycles. The molecule has 58 heavy (non-hydrogen) atoms. The summed E-state index contributed by atoms with van der Waals surface area (Å²) in [5.74, 6) is 11.7. The first-order valence-corrected chi connectivity index (χ1v) is 17.5. The third-order valence-corrected chi connectivity index (χ3v) is 4.90. The van der Waals surface area contributed by atoms with Crippen LogP contribution in [0.25, 0.3) is 0 Å². The van der Waals surface area contributed by atoms with Gasteiger partial charge in [0.25, 0.3) is 0 Å². The van der Waals surface area contributed by atoms with E-state index in [1.807, 2.05) is 17.8 Å². The molecule has 0 spiro atoms. The van der Waals surface area contributed by atoms with Crippen molar-refractivity contribution >= 4 is 40.3 Å². The van der Waals surface area contributed by atoms with E-state index in [1.54, 1.807) is 11.1 Å². The summed E-state index contributed by atoms with van der Waals surface area (Å²) in [5, 5.41) is 30.0. The Morgan fingerprint density at radius 1 is 0.966 bits per heavy atom. The van der Waals surface area contributed by atoms with Gasteiger partial charge in [-0.15, -0.1) is 75.3 Å². The van der Waals surface area contributed by atoms with Crippen molar-refractivity contribution in [3.8, 4) is 74.1 Å². The molecule has 1 aliphatic rings. The number of hydrogen-bond donors (Lipinski definition) is 6. The number of carboxylic acid groups (broad SMARTS) is 1. The number of carbonyl (C=O) groups is 3. The first-order valence-electron chi connectivity index (χ1n) is 15.9. The van der Waals surface area contributed by atoms with Crippen LogP contribution < -0.4 is 108 Å². The summed E-state index contributed by atoms with van der Waals surface area (Å²) in [7, 11) is 2.33. The summed E-state index contributed by atoms with van der Waals surface area (Å²) >= 11 is 0. The summed E-state index contributed by atoms with van der Waals surface area (Å²) in [5.41, 5.74) is 9.93. The number of nitrogens with two attached hydrogens (primary N) is 2. The van der Waals surface area contributed by atoms with Crippen LogP contribution in [-0.2, 0) is 24.5 Å². The minimum absolute atomic E-state index is 0. The summed E-state index contributed by atoms with van der Waals surface area (Å²) in [6, 6.07) is 0. The van der Waals surface area contributed by atoms with Crippen molar-refractivity contribution in [1.82, 2.24) is 15.5 Å². The van der Waals surface area contributed by atoms with E-state index in [2.05, 4.69) is 95.0 Å². The topological polar surface area (TPSA) is 251 Å². The van der Waals surface area contributed by atoms with Crippen molar-refractivity contribution in [3.63, 3.8) is 0 Å². The van der Waals surface area contributed by atoms with Crippen molar-refractivity contribution in [3.05, 3.63) is 38.2 Å². The van der Waals surface area contributed by atoms with E-state index in [0.717, 1.165) is 37.0 Å². The van der Waals surface area contributed by atoms with Crippen molar-refractivity contribution in [1.29, 1.82) is 0 Å². The molecule has 0 aromatic heterocycles. The third-order valence-electron chi connectivity index (χ3n) is 4.19. The number of nitrogens with one attached hydrogen (secondary N) is 2. The Balaban J connectivity index is -0.0000000479. The molecule has 1 saturated heterocycles. The Hall–Kier alpha value is -2.41. The fourth-order valence-electron chi connectivity index (χ4n) is 1.94. The average molecular weight is 891 g/mol. The molecule has 0 bridgehead atoms. The molecule has 0 atom stereocenters. The molecule has 15 nitrogen and oxygen atoms in total. The van der Waals surface area contributed by atoms with Crippen LogP contribution in [0.4, 0.5) is 0 Å². The van der Waals surface area contributed by atoms with Crippen molar-refractivity contribution in [2.24, 2.45) is 11.5 Å². The van der Waals surface area contributed by atoms with Gasteiger partial charge in [0.05, 0.1) is 69.9 Å². The monoisotopic (exact) mass is 889 g/mol. The normalized spacial score (nSPS) is 9.09. The number of nitrogens with zero attached hydrogens (tertiary/aromatic N) is 2. The van der Waals surface area contributed by atoms with Gasteiger partial charge in [-0.05, 0) is 18.8 Å². The second kappa shape index (κ2) is 72.2. The van der Waals surface area contributed by atoms with Crippen LogP contribution >= 0.6 is 12.4 Å². The molecule has 318 valence electrons. The zero-order valence-electron chi connectivity index (χ0n) is 35.3. The second-order valence-corrected chi connectivity index (χ2v) is 11.6. The maximum absolute atomic E-state index is 10.7. The molecule has 2 amide bonds. The summed E-state index contributed by atoms with van der Waals surface area (Å²) < 4.78 is 30.2. The van der Waals surface area contributed by atoms with Crippen LogP contribution in [0.15, 0.2) is 38.2 Å². The number of terminal acetylenes is 6. The number of amides is 2. The molecule has 0 saturated carbocycles. The van der Waals surface area contributed by atoms with Crippen LogP contribution in [0, 0.1) is 74.1 Å². The number of hydrogen-bond acceptors (Lipinski definition) is 12. The van der Waals surface area contributed by atoms with Gasteiger partial charge in [-0.3, -0.25) is 9.59 Å². The van der Waals surface area contributed by atoms with Crippen LogP contribution in [0.3, 0.4) is 0 Å². The van der Waals surface area contributed by atoms with Gasteiger partial charge in [-0.2, -0.15) is 0 Å². The molecule has 0 unspecified atom stereocenters. The van der Waals surface area contributed by atoms with Crippen LogP contribution in [-0.4, -0.2) is 130 Å². The molecular formula is C39H64ClKN6NaO9S+. The number of carbonyl (C=O) groups excluding carboxylic acids is 3. The number of quaternary nitrogens is 1. The molecule has 1 fully saturated rings. The fraction of sp³-hybridized carbons (Fsp3) is 0.462. The van der Waals surface area contributed by atoms with Crippen LogP contribution in [0.5, 0.6) is 0 Å². The summed E-state index contributed by atoms with van der Waals surface area (Å²) in [4.78, 5) is 31.5. The zero-order valence-corrected chi connectivity index (χ0v) is 42.1. The van der Waals surface area contributed by atoms with Gasteiger partial charge in [0, 0.05) is 51.6 Å². The van der Waals surface area contributed by atoms with E-state index >= 15 is 0 Å². The van der Waals surface area contributed by atoms with E-state index in [9.17, 15) is 32.5 Å². The number of halogens is 1. The zero-order chi connectivity index (χ0) is 45.0. The molecule has 8 N–H and O–H groups in total. The minimum atomic E-state index is -4.08. The van der Waals surface area contributed by atoms with E-state index in [0.29, 0.717) is 26.1 Å². The van der Waals surface area contributed by atoms with Gasteiger partial charge in [0.1, 0.15) is 6.61 Å². The standard InChI is InChI=1S/C7H14N.C6H9NO.C5H10N2.C4H7NO.C4H6O3S.C4H4O2.C3H5N.C3H6O.C3H4O.ClH.K.Na/c1-5-6-7-8(2,3)4;1-2-7-5-3-4-6(7)8;1-2-4-7-5-3-6;1-3-5-4(2)6;1-2-3-4-8(5,6)7;1-2-3-4(5)6;3*1-2-3-4;;;/h1H,6-7H2,2-4H3;2H,1,3-5H2;1,7H,3-6H2;3H,1H2,2H3,(H,5,6);1H,3-4H2,(H,5,6,7);1H,3H2,(H,5,6);1H,3-4H2;2,4H,1,3H2;1,4H,3H2;1H;;/q+1;;;;;;;;;;2*+1/p-2. The van der Waals surface area contributed by atoms with Gasteiger partial charge < -0.3 is 56.2 Å². The predicted octanol–water partition coefficient (Wildman–Crippen LogP) is -7.00. The minimum Gasteiger partial charge on any atom is -0.748 e. The van der Waals surface area contributed by atoms with E-state index in [-0.39, 0.29) is 131 Å². The maximum atomic E-state index is 10.7. The number of likely N-dealkylation sites (tertiary alicyclic amines) is 1. The largest absolute Gasteiger partial charge is 1.00 e. The maximum Gasteiger partial charge on any atom is 1.00 e. The fourth-order valence-corrected chi connectivity index (χ4v) is 2.30. The van der Waals surface area contributed by atoms with Crippen molar-refractivity contribution in [2.75, 3.05) is 79.4 Å². The van der Waals surface area contributed by atoms with Crippen molar-refractivity contribution < 1.29 is 128 Å². The molecule has 1 rings (SSSR count). The molecule has 0 aromatic carbocycles. The molecule has 19 heteroatoms. The van der Waals surface area contributed by atoms with Crippen molar-refractivity contribution in [2.45, 2.75) is 39.0 Å². The average Bonchev–Trinajstić information content (AvgIpc) is 3.55. The number of rotatable bonds is 11. The SMILES string of the molecule is C#CCC(=O)[O-].C#CCCS(=O)(=O)[O-].C#CCC[N+](C)(C)C.C#CCN.C#CCNCCN.C#CCO.C=CCO.C=CN1CCCC1=O.C=CNC(C)=O.Cl.[K+].[Na+]. The van der Waals surface area contributed by atoms with Gasteiger partial charge in [-0.25, -0.2) is 8.42 Å². The van der Waals surface area contributed by atoms with Gasteiger partial charge in [0.2, 0.25) is 11.8 Å². The number of carboxylic acids is 1. The van der Waals surface area contributed by atoms with Crippen LogP contribution in [0.2, 0.25) is 0 Å². The molecule has 0 aromatic rings. The Kier molecular flexibility index (Phi) is 104. The van der Waals surface area contributed by atoms with Gasteiger partial charge >= 0.3 is 80.9 Å². The van der Waals surface area contributed by atoms with E-state index in [1.165, 1.54) is 19.2 Å². The Morgan fingerprint density at radius 3 is 1.55 bits per heavy atom. The van der Waals surface area contributed by atoms with Gasteiger partial charge in [0.15, 0.2) is 0 Å². The Labute approximate surface area is 421 Å². The molecule has 1 heterocycles.